The summed E-state index contributed by atoms with van der Waals surface area (Å²) in [5, 5.41) is 11.5. The average molecular weight is 516 g/mol. The molecule has 6 rings (SSSR count). The summed E-state index contributed by atoms with van der Waals surface area (Å²) in [6.07, 6.45) is -1.41. The van der Waals surface area contributed by atoms with Gasteiger partial charge in [-0.3, -0.25) is 0 Å². The van der Waals surface area contributed by atoms with Crippen LogP contribution in [0.15, 0.2) is 36.7 Å². The van der Waals surface area contributed by atoms with Gasteiger partial charge in [0.2, 0.25) is 0 Å². The number of hydrogen-bond acceptors (Lipinski definition) is 8. The summed E-state index contributed by atoms with van der Waals surface area (Å²) in [4.78, 5) is 3.97. The first kappa shape index (κ1) is 24.3. The molecule has 9 nitrogen and oxygen atoms in total. The molecular weight excluding hydrogens is 487 g/mol. The molecule has 3 aliphatic heterocycles. The molecule has 3 aromatic rings. The number of anilines is 1. The quantitative estimate of drug-likeness (QED) is 0.442. The first-order valence-corrected chi connectivity index (χ1v) is 12.3. The Morgan fingerprint density at radius 3 is 2.76 bits per heavy atom. The summed E-state index contributed by atoms with van der Waals surface area (Å²) < 4.78 is 54.3. The van der Waals surface area contributed by atoms with Crippen LogP contribution in [-0.2, 0) is 41.1 Å². The van der Waals surface area contributed by atoms with Crippen molar-refractivity contribution in [3.63, 3.8) is 0 Å². The van der Waals surface area contributed by atoms with Gasteiger partial charge in [-0.1, -0.05) is 24.3 Å². The predicted molar refractivity (Wildman–Crippen MR) is 128 cm³/mol. The van der Waals surface area contributed by atoms with Crippen LogP contribution in [-0.4, -0.2) is 52.2 Å². The molecule has 0 saturated carbocycles. The number of pyridine rings is 1. The van der Waals surface area contributed by atoms with Crippen molar-refractivity contribution in [1.82, 2.24) is 30.5 Å². The first-order chi connectivity index (χ1) is 17.8. The molecule has 2 unspecified atom stereocenters. The number of benzene rings is 1. The van der Waals surface area contributed by atoms with Gasteiger partial charge in [-0.05, 0) is 23.6 Å². The van der Waals surface area contributed by atoms with E-state index in [1.165, 1.54) is 0 Å². The van der Waals surface area contributed by atoms with Crippen molar-refractivity contribution >= 4 is 5.69 Å². The lowest BCUT2D eigenvalue weighted by Gasteiger charge is -2.42. The summed E-state index contributed by atoms with van der Waals surface area (Å²) >= 11 is 0. The third kappa shape index (κ3) is 4.58. The molecule has 2 aromatic heterocycles. The summed E-state index contributed by atoms with van der Waals surface area (Å²) in [5.41, 5.74) is 8.47. The van der Waals surface area contributed by atoms with Crippen molar-refractivity contribution in [1.29, 1.82) is 0 Å². The second-order valence-corrected chi connectivity index (χ2v) is 9.99. The largest absolute Gasteiger partial charge is 0.433 e. The smallest absolute Gasteiger partial charge is 0.380 e. The number of alkyl halides is 3. The van der Waals surface area contributed by atoms with E-state index in [1.807, 2.05) is 29.8 Å². The van der Waals surface area contributed by atoms with Crippen LogP contribution in [0.5, 0.6) is 0 Å². The van der Waals surface area contributed by atoms with Gasteiger partial charge in [-0.15, -0.1) is 10.2 Å². The van der Waals surface area contributed by atoms with E-state index in [2.05, 4.69) is 37.4 Å². The Labute approximate surface area is 211 Å². The minimum Gasteiger partial charge on any atom is -0.380 e. The Hall–Kier alpha value is -3.06. The number of aryl methyl sites for hydroxylation is 1. The number of hydrazine groups is 1. The fourth-order valence-corrected chi connectivity index (χ4v) is 5.22. The molecule has 0 bridgehead atoms. The zero-order valence-corrected chi connectivity index (χ0v) is 20.3. The summed E-state index contributed by atoms with van der Waals surface area (Å²) in [6.45, 7) is 2.48. The second-order valence-electron chi connectivity index (χ2n) is 9.99. The number of ether oxygens (including phenoxy) is 2. The first-order valence-electron chi connectivity index (χ1n) is 12.3. The highest BCUT2D eigenvalue weighted by Crippen LogP contribution is 2.41. The highest BCUT2D eigenvalue weighted by molar-refractivity contribution is 5.62. The zero-order valence-electron chi connectivity index (χ0n) is 20.3. The van der Waals surface area contributed by atoms with E-state index < -0.39 is 17.9 Å². The molecule has 3 N–H and O–H groups in total. The fraction of sp³-hybridized carbons (Fsp3) is 0.480. The molecule has 12 heteroatoms. The fourth-order valence-electron chi connectivity index (χ4n) is 5.22. The summed E-state index contributed by atoms with van der Waals surface area (Å²) in [5.74, 6) is 0.852. The van der Waals surface area contributed by atoms with Crippen molar-refractivity contribution in [2.24, 2.45) is 7.05 Å². The molecule has 0 amide bonds. The van der Waals surface area contributed by atoms with Crippen LogP contribution in [0.2, 0.25) is 0 Å². The van der Waals surface area contributed by atoms with Crippen LogP contribution in [0.1, 0.15) is 46.4 Å². The molecule has 3 aliphatic rings. The van der Waals surface area contributed by atoms with Gasteiger partial charge in [0.15, 0.2) is 0 Å². The Bertz CT molecular complexity index is 1290. The highest BCUT2D eigenvalue weighted by Gasteiger charge is 2.42. The van der Waals surface area contributed by atoms with Crippen molar-refractivity contribution in [3.8, 4) is 0 Å². The van der Waals surface area contributed by atoms with Gasteiger partial charge in [0, 0.05) is 43.6 Å². The zero-order chi connectivity index (χ0) is 25.6. The van der Waals surface area contributed by atoms with E-state index in [9.17, 15) is 13.2 Å². The molecule has 5 heterocycles. The topological polar surface area (TPSA) is 98.2 Å². The van der Waals surface area contributed by atoms with Crippen LogP contribution < -0.4 is 16.2 Å². The minimum atomic E-state index is -4.56. The van der Waals surface area contributed by atoms with Crippen LogP contribution in [0.4, 0.5) is 18.9 Å². The molecular formula is C25H28F3N7O2. The molecule has 2 saturated heterocycles. The van der Waals surface area contributed by atoms with Crippen molar-refractivity contribution in [3.05, 3.63) is 70.6 Å². The van der Waals surface area contributed by atoms with Crippen LogP contribution in [0, 0.1) is 0 Å². The lowest BCUT2D eigenvalue weighted by atomic mass is 9.74. The average Bonchev–Trinajstić information content (AvgIpc) is 3.61. The van der Waals surface area contributed by atoms with E-state index in [0.717, 1.165) is 29.4 Å². The van der Waals surface area contributed by atoms with Gasteiger partial charge in [-0.2, -0.15) is 13.2 Å². The van der Waals surface area contributed by atoms with Gasteiger partial charge in [-0.25, -0.2) is 10.4 Å². The number of nitrogens with zero attached hydrogens (tertiary/aromatic N) is 4. The number of rotatable bonds is 7. The molecule has 37 heavy (non-hydrogen) atoms. The molecule has 2 fully saturated rings. The van der Waals surface area contributed by atoms with E-state index in [0.29, 0.717) is 49.8 Å². The van der Waals surface area contributed by atoms with Gasteiger partial charge in [0.05, 0.1) is 37.2 Å². The van der Waals surface area contributed by atoms with Crippen LogP contribution in [0.25, 0.3) is 0 Å². The third-order valence-electron chi connectivity index (χ3n) is 7.45. The lowest BCUT2D eigenvalue weighted by Crippen LogP contribution is -2.49. The molecule has 1 aromatic carbocycles. The van der Waals surface area contributed by atoms with Crippen LogP contribution in [0.3, 0.4) is 0 Å². The molecule has 0 aliphatic carbocycles. The SMILES string of the molecule is Cn1cnnc1CC1(c2cccc(C3NNc4c3cc(C(F)(F)F)nc4CNC3CCOC3)c2)COC1. The van der Waals surface area contributed by atoms with Gasteiger partial charge in [0.25, 0.3) is 0 Å². The minimum absolute atomic E-state index is 0.101. The maximum absolute atomic E-state index is 13.8. The van der Waals surface area contributed by atoms with E-state index in [1.54, 1.807) is 6.33 Å². The predicted octanol–water partition coefficient (Wildman–Crippen LogP) is 2.64. The van der Waals surface area contributed by atoms with E-state index >= 15 is 0 Å². The number of halogens is 3. The Balaban J connectivity index is 1.32. The number of nitrogens with one attached hydrogen (secondary N) is 3. The maximum atomic E-state index is 13.8. The third-order valence-corrected chi connectivity index (χ3v) is 7.45. The number of hydrogen-bond donors (Lipinski definition) is 3. The Morgan fingerprint density at radius 1 is 1.22 bits per heavy atom. The van der Waals surface area contributed by atoms with Gasteiger partial charge >= 0.3 is 6.18 Å². The number of fused-ring (bicyclic) bond motifs is 1. The molecule has 0 spiro atoms. The molecule has 2 atom stereocenters. The number of aromatic nitrogens is 4. The van der Waals surface area contributed by atoms with E-state index in [-0.39, 0.29) is 18.0 Å². The Morgan fingerprint density at radius 2 is 2.08 bits per heavy atom. The maximum Gasteiger partial charge on any atom is 0.433 e. The lowest BCUT2D eigenvalue weighted by molar-refractivity contribution is -0.141. The van der Waals surface area contributed by atoms with Crippen LogP contribution >= 0.6 is 0 Å². The summed E-state index contributed by atoms with van der Waals surface area (Å²) in [7, 11) is 1.91. The van der Waals surface area contributed by atoms with E-state index in [4.69, 9.17) is 9.47 Å². The monoisotopic (exact) mass is 515 g/mol. The van der Waals surface area contributed by atoms with Crippen molar-refractivity contribution < 1.29 is 22.6 Å². The normalized spacial score (nSPS) is 22.5. The van der Waals surface area contributed by atoms with Crippen molar-refractivity contribution in [2.75, 3.05) is 31.9 Å². The molecule has 0 radical (unpaired) electrons. The highest BCUT2D eigenvalue weighted by atomic mass is 19.4. The second kappa shape index (κ2) is 9.35. The van der Waals surface area contributed by atoms with Crippen molar-refractivity contribution in [2.45, 2.75) is 43.1 Å². The van der Waals surface area contributed by atoms with Gasteiger partial charge < -0.3 is 24.8 Å². The standard InChI is InChI=1S/C25H28F3N7O2/c1-35-14-30-32-21(35)9-24(12-37-13-24)16-4-2-3-15(7-16)22-18-8-20(25(26,27)28)31-19(23(18)34-33-22)10-29-17-5-6-36-11-17/h2-4,7-8,14,17,22,29,33-34H,5-6,9-13H2,1H3. The molecule has 196 valence electrons. The Kier molecular flexibility index (Phi) is 6.14. The van der Waals surface area contributed by atoms with Gasteiger partial charge in [0.1, 0.15) is 17.8 Å². The summed E-state index contributed by atoms with van der Waals surface area (Å²) in [6, 6.07) is 8.73.